The molecular weight excluding hydrogens is 222 g/mol. The van der Waals surface area contributed by atoms with Gasteiger partial charge >= 0.3 is 0 Å². The molecule has 0 aromatic heterocycles. The first-order valence-corrected chi connectivity index (χ1v) is 6.15. The summed E-state index contributed by atoms with van der Waals surface area (Å²) >= 11 is 0. The summed E-state index contributed by atoms with van der Waals surface area (Å²) in [6.07, 6.45) is 0.816. The van der Waals surface area contributed by atoms with E-state index in [0.29, 0.717) is 0 Å². The van der Waals surface area contributed by atoms with Gasteiger partial charge in [0.1, 0.15) is 0 Å². The van der Waals surface area contributed by atoms with Crippen molar-refractivity contribution < 1.29 is 4.79 Å². The molecule has 0 heterocycles. The Morgan fingerprint density at radius 2 is 1.56 bits per heavy atom. The monoisotopic (exact) mass is 237 g/mol. The molecule has 2 nitrogen and oxygen atoms in total. The number of nitrogens with two attached hydrogens (primary N) is 1. The molecule has 0 radical (unpaired) electrons. The molecule has 1 saturated carbocycles. The number of hydrogen-bond donors (Lipinski definition) is 1. The first-order valence-electron chi connectivity index (χ1n) is 6.15. The Morgan fingerprint density at radius 3 is 2.11 bits per heavy atom. The number of carbonyl (C=O) groups is 1. The van der Waals surface area contributed by atoms with Crippen LogP contribution >= 0.6 is 0 Å². The van der Waals surface area contributed by atoms with Gasteiger partial charge < -0.3 is 5.73 Å². The normalized spacial score (nSPS) is 25.7. The number of amides is 1. The Hall–Kier alpha value is -2.09. The summed E-state index contributed by atoms with van der Waals surface area (Å²) in [4.78, 5) is 11.9. The van der Waals surface area contributed by atoms with E-state index in [1.54, 1.807) is 0 Å². The highest BCUT2D eigenvalue weighted by Crippen LogP contribution is 2.60. The van der Waals surface area contributed by atoms with Gasteiger partial charge in [0.15, 0.2) is 0 Å². The second-order valence-corrected chi connectivity index (χ2v) is 4.87. The Balaban J connectivity index is 2.01. The number of primary amides is 1. The molecule has 1 amide bonds. The molecule has 1 aliphatic rings. The smallest absolute Gasteiger partial charge is 0.228 e. The van der Waals surface area contributed by atoms with Crippen molar-refractivity contribution in [2.45, 2.75) is 17.8 Å². The molecule has 1 aliphatic carbocycles. The molecular formula is C16H15NO. The van der Waals surface area contributed by atoms with Gasteiger partial charge in [0.2, 0.25) is 5.91 Å². The van der Waals surface area contributed by atoms with Crippen LogP contribution in [0.2, 0.25) is 0 Å². The van der Waals surface area contributed by atoms with E-state index in [1.165, 1.54) is 5.56 Å². The molecule has 0 saturated heterocycles. The van der Waals surface area contributed by atoms with E-state index in [9.17, 15) is 4.79 Å². The third-order valence-electron chi connectivity index (χ3n) is 3.89. The molecule has 0 aliphatic heterocycles. The Kier molecular flexibility index (Phi) is 2.44. The molecule has 2 atom stereocenters. The predicted molar refractivity (Wildman–Crippen MR) is 71.1 cm³/mol. The zero-order valence-corrected chi connectivity index (χ0v) is 10.0. The maximum atomic E-state index is 11.9. The molecule has 2 N–H and O–H groups in total. The van der Waals surface area contributed by atoms with Crippen LogP contribution in [0.4, 0.5) is 0 Å². The largest absolute Gasteiger partial charge is 0.369 e. The van der Waals surface area contributed by atoms with E-state index < -0.39 is 5.41 Å². The lowest BCUT2D eigenvalue weighted by atomic mass is 9.90. The van der Waals surface area contributed by atoms with Crippen LogP contribution in [0, 0.1) is 0 Å². The summed E-state index contributed by atoms with van der Waals surface area (Å²) in [5.41, 5.74) is 7.38. The average Bonchev–Trinajstić information content (AvgIpc) is 3.18. The number of benzene rings is 2. The van der Waals surface area contributed by atoms with Crippen molar-refractivity contribution in [2.24, 2.45) is 5.73 Å². The molecule has 0 bridgehead atoms. The van der Waals surface area contributed by atoms with Crippen LogP contribution in [0.25, 0.3) is 0 Å². The molecule has 2 aromatic carbocycles. The summed E-state index contributed by atoms with van der Waals surface area (Å²) in [6, 6.07) is 20.0. The first-order chi connectivity index (χ1) is 8.75. The number of hydrogen-bond acceptors (Lipinski definition) is 1. The maximum absolute atomic E-state index is 11.9. The predicted octanol–water partition coefficient (Wildman–Crippen LogP) is 2.60. The summed E-state index contributed by atoms with van der Waals surface area (Å²) in [6.45, 7) is 0. The van der Waals surface area contributed by atoms with Crippen molar-refractivity contribution in [3.8, 4) is 0 Å². The van der Waals surface area contributed by atoms with Gasteiger partial charge in [0, 0.05) is 5.92 Å². The van der Waals surface area contributed by atoms with E-state index in [1.807, 2.05) is 48.5 Å². The number of carbonyl (C=O) groups excluding carboxylic acids is 1. The van der Waals surface area contributed by atoms with Crippen LogP contribution in [0.3, 0.4) is 0 Å². The van der Waals surface area contributed by atoms with E-state index in [0.717, 1.165) is 12.0 Å². The fourth-order valence-electron chi connectivity index (χ4n) is 2.82. The average molecular weight is 237 g/mol. The Morgan fingerprint density at radius 1 is 1.00 bits per heavy atom. The topological polar surface area (TPSA) is 43.1 Å². The molecule has 2 aromatic rings. The number of rotatable bonds is 3. The van der Waals surface area contributed by atoms with Crippen molar-refractivity contribution in [1.82, 2.24) is 0 Å². The summed E-state index contributed by atoms with van der Waals surface area (Å²) in [7, 11) is 0. The van der Waals surface area contributed by atoms with Crippen LogP contribution in [-0.4, -0.2) is 5.91 Å². The lowest BCUT2D eigenvalue weighted by Crippen LogP contribution is -2.30. The van der Waals surface area contributed by atoms with Crippen LogP contribution in [0.5, 0.6) is 0 Å². The highest BCUT2D eigenvalue weighted by molar-refractivity contribution is 5.92. The van der Waals surface area contributed by atoms with Gasteiger partial charge in [-0.1, -0.05) is 60.7 Å². The second-order valence-electron chi connectivity index (χ2n) is 4.87. The minimum Gasteiger partial charge on any atom is -0.369 e. The summed E-state index contributed by atoms with van der Waals surface area (Å²) < 4.78 is 0. The molecule has 90 valence electrons. The Labute approximate surface area is 106 Å². The first kappa shape index (κ1) is 11.0. The lowest BCUT2D eigenvalue weighted by molar-refractivity contribution is -0.120. The fraction of sp³-hybridized carbons (Fsp3) is 0.188. The van der Waals surface area contributed by atoms with Crippen molar-refractivity contribution in [1.29, 1.82) is 0 Å². The van der Waals surface area contributed by atoms with Gasteiger partial charge in [-0.2, -0.15) is 0 Å². The second kappa shape index (κ2) is 3.98. The van der Waals surface area contributed by atoms with Crippen molar-refractivity contribution in [3.63, 3.8) is 0 Å². The molecule has 2 heteroatoms. The molecule has 1 fully saturated rings. The van der Waals surface area contributed by atoms with Crippen LogP contribution in [0.1, 0.15) is 23.5 Å². The van der Waals surface area contributed by atoms with Gasteiger partial charge in [-0.3, -0.25) is 4.79 Å². The van der Waals surface area contributed by atoms with E-state index in [-0.39, 0.29) is 11.8 Å². The molecule has 0 spiro atoms. The molecule has 3 rings (SSSR count). The lowest BCUT2D eigenvalue weighted by Gasteiger charge is -2.14. The maximum Gasteiger partial charge on any atom is 0.228 e. The summed E-state index contributed by atoms with van der Waals surface area (Å²) in [5.74, 6) is 0.00107. The van der Waals surface area contributed by atoms with E-state index in [2.05, 4.69) is 12.1 Å². The van der Waals surface area contributed by atoms with Crippen LogP contribution < -0.4 is 5.73 Å². The van der Waals surface area contributed by atoms with Crippen molar-refractivity contribution in [3.05, 3.63) is 71.8 Å². The molecule has 0 unspecified atom stereocenters. The highest BCUT2D eigenvalue weighted by Gasteiger charge is 2.60. The minimum absolute atomic E-state index is 0.220. The third-order valence-corrected chi connectivity index (χ3v) is 3.89. The van der Waals surface area contributed by atoms with Crippen molar-refractivity contribution in [2.75, 3.05) is 0 Å². The highest BCUT2D eigenvalue weighted by atomic mass is 16.1. The van der Waals surface area contributed by atoms with Gasteiger partial charge in [-0.25, -0.2) is 0 Å². The fourth-order valence-corrected chi connectivity index (χ4v) is 2.82. The van der Waals surface area contributed by atoms with Gasteiger partial charge in [-0.15, -0.1) is 0 Å². The van der Waals surface area contributed by atoms with Crippen LogP contribution in [0.15, 0.2) is 60.7 Å². The zero-order chi connectivity index (χ0) is 12.6. The molecule has 18 heavy (non-hydrogen) atoms. The van der Waals surface area contributed by atoms with Crippen molar-refractivity contribution >= 4 is 5.91 Å². The minimum atomic E-state index is -0.497. The van der Waals surface area contributed by atoms with E-state index in [4.69, 9.17) is 5.73 Å². The summed E-state index contributed by atoms with van der Waals surface area (Å²) in [5, 5.41) is 0. The van der Waals surface area contributed by atoms with Gasteiger partial charge in [-0.05, 0) is 17.5 Å². The quantitative estimate of drug-likeness (QED) is 0.876. The van der Waals surface area contributed by atoms with Gasteiger partial charge in [0.25, 0.3) is 0 Å². The van der Waals surface area contributed by atoms with E-state index >= 15 is 0 Å². The zero-order valence-electron chi connectivity index (χ0n) is 10.0. The Bertz CT molecular complexity index is 564. The SMILES string of the molecule is NC(=O)[C@@]1(c2ccccc2)C[C@H]1c1ccccc1. The van der Waals surface area contributed by atoms with Crippen LogP contribution in [-0.2, 0) is 10.2 Å². The third kappa shape index (κ3) is 1.53. The van der Waals surface area contributed by atoms with Gasteiger partial charge in [0.05, 0.1) is 5.41 Å². The standard InChI is InChI=1S/C16H15NO/c17-15(18)16(13-9-5-2-6-10-13)11-14(16)12-7-3-1-4-8-12/h1-10,14H,11H2,(H2,17,18)/t14-,16+/m0/s1.